The molecule has 10 nitrogen and oxygen atoms in total. The van der Waals surface area contributed by atoms with Gasteiger partial charge in [0.1, 0.15) is 23.1 Å². The van der Waals surface area contributed by atoms with E-state index in [0.29, 0.717) is 35.9 Å². The van der Waals surface area contributed by atoms with Crippen molar-refractivity contribution >= 4 is 33.4 Å². The van der Waals surface area contributed by atoms with Crippen molar-refractivity contribution in [3.8, 4) is 34.3 Å². The normalized spacial score (nSPS) is 12.3. The number of nitrogens with zero attached hydrogens (tertiary/aromatic N) is 4. The number of para-hydroxylation sites is 4. The van der Waals surface area contributed by atoms with Gasteiger partial charge in [-0.2, -0.15) is 0 Å². The topological polar surface area (TPSA) is 168 Å². The van der Waals surface area contributed by atoms with Gasteiger partial charge in [-0.3, -0.25) is 0 Å². The number of aromatic nitrogens is 4. The number of nitrogens with two attached hydrogens (primary N) is 2. The Morgan fingerprint density at radius 3 is 1.50 bits per heavy atom. The Labute approximate surface area is 268 Å². The van der Waals surface area contributed by atoms with Crippen molar-refractivity contribution in [1.29, 1.82) is 0 Å². The van der Waals surface area contributed by atoms with E-state index in [4.69, 9.17) is 11.5 Å². The van der Waals surface area contributed by atoms with Gasteiger partial charge in [-0.05, 0) is 61.9 Å². The summed E-state index contributed by atoms with van der Waals surface area (Å²) in [5, 5.41) is 28.6. The smallest absolute Gasteiger partial charge is 0.165 e. The second kappa shape index (κ2) is 15.1. The Hall–Kier alpha value is -5.32. The van der Waals surface area contributed by atoms with Gasteiger partial charge in [0.2, 0.25) is 0 Å². The highest BCUT2D eigenvalue weighted by Crippen LogP contribution is 2.31. The Balaban J connectivity index is 0.000000182. The minimum absolute atomic E-state index is 0.0160. The van der Waals surface area contributed by atoms with Crippen molar-refractivity contribution in [3.63, 3.8) is 0 Å². The summed E-state index contributed by atoms with van der Waals surface area (Å²) in [7, 11) is 0. The van der Waals surface area contributed by atoms with Crippen LogP contribution >= 0.6 is 0 Å². The van der Waals surface area contributed by atoms with Crippen LogP contribution in [-0.2, 0) is 0 Å². The number of phenols is 2. The minimum Gasteiger partial charge on any atom is -0.507 e. The van der Waals surface area contributed by atoms with Crippen molar-refractivity contribution in [2.45, 2.75) is 38.8 Å². The fraction of sp³-hybridized carbons (Fsp3) is 0.222. The fourth-order valence-electron chi connectivity index (χ4n) is 4.95. The van der Waals surface area contributed by atoms with Gasteiger partial charge < -0.3 is 32.3 Å². The first-order chi connectivity index (χ1) is 22.3. The average molecular weight is 617 g/mol. The molecule has 2 heterocycles. The third kappa shape index (κ3) is 7.84. The van der Waals surface area contributed by atoms with Gasteiger partial charge in [0, 0.05) is 35.9 Å². The second-order valence-corrected chi connectivity index (χ2v) is 11.1. The van der Waals surface area contributed by atoms with E-state index in [1.54, 1.807) is 30.3 Å². The minimum atomic E-state index is 0.0160. The van der Waals surface area contributed by atoms with Gasteiger partial charge >= 0.3 is 0 Å². The number of benzene rings is 4. The van der Waals surface area contributed by atoms with Crippen LogP contribution in [0.15, 0.2) is 97.1 Å². The summed E-state index contributed by atoms with van der Waals surface area (Å²) in [6.45, 7) is 5.31. The molecular weight excluding hydrogens is 576 g/mol. The summed E-state index contributed by atoms with van der Waals surface area (Å²) in [6.07, 6.45) is 2.01. The van der Waals surface area contributed by atoms with E-state index in [-0.39, 0.29) is 23.6 Å². The lowest BCUT2D eigenvalue weighted by molar-refractivity contribution is 0.476. The molecular formula is C36H40N8O2. The molecule has 2 atom stereocenters. The highest BCUT2D eigenvalue weighted by Gasteiger charge is 2.14. The van der Waals surface area contributed by atoms with E-state index >= 15 is 0 Å². The highest BCUT2D eigenvalue weighted by atomic mass is 16.3. The van der Waals surface area contributed by atoms with E-state index < -0.39 is 0 Å². The van der Waals surface area contributed by atoms with Gasteiger partial charge in [-0.15, -0.1) is 0 Å². The van der Waals surface area contributed by atoms with Gasteiger partial charge in [0.15, 0.2) is 11.6 Å². The molecule has 0 aliphatic carbocycles. The number of phenolic OH excluding ortho intramolecular Hbond substituents is 2. The molecule has 0 amide bonds. The maximum Gasteiger partial charge on any atom is 0.165 e. The summed E-state index contributed by atoms with van der Waals surface area (Å²) in [6, 6.07) is 29.8. The van der Waals surface area contributed by atoms with Gasteiger partial charge in [-0.1, -0.05) is 61.9 Å². The summed E-state index contributed by atoms with van der Waals surface area (Å²) in [5.41, 5.74) is 14.8. The molecule has 2 aromatic heterocycles. The lowest BCUT2D eigenvalue weighted by Gasteiger charge is -2.15. The summed E-state index contributed by atoms with van der Waals surface area (Å²) in [5.74, 6) is 2.78. The van der Waals surface area contributed by atoms with Crippen molar-refractivity contribution in [2.75, 3.05) is 23.7 Å². The first-order valence-corrected chi connectivity index (χ1v) is 15.4. The quantitative estimate of drug-likeness (QED) is 0.103. The Morgan fingerprint density at radius 1 is 0.609 bits per heavy atom. The highest BCUT2D eigenvalue weighted by molar-refractivity contribution is 5.92. The fourth-order valence-corrected chi connectivity index (χ4v) is 4.95. The van der Waals surface area contributed by atoms with Crippen LogP contribution in [-0.4, -0.2) is 55.3 Å². The molecule has 0 aliphatic heterocycles. The van der Waals surface area contributed by atoms with Crippen LogP contribution in [0.25, 0.3) is 44.6 Å². The first-order valence-electron chi connectivity index (χ1n) is 15.4. The SMILES string of the molecule is CCC[C@H](N)CNc1nc(-c2ccccc2O)nc2ccccc12.C[C@H](N)CNc1nc(-c2ccccc2O)nc2ccccc12. The third-order valence-electron chi connectivity index (χ3n) is 7.28. The molecule has 236 valence electrons. The first kappa shape index (κ1) is 32.1. The maximum absolute atomic E-state index is 10.1. The number of hydrogen-bond donors (Lipinski definition) is 6. The van der Waals surface area contributed by atoms with E-state index in [1.165, 1.54) is 0 Å². The zero-order valence-corrected chi connectivity index (χ0v) is 26.1. The Kier molecular flexibility index (Phi) is 10.5. The zero-order chi connectivity index (χ0) is 32.5. The van der Waals surface area contributed by atoms with Crippen molar-refractivity contribution in [3.05, 3.63) is 97.1 Å². The van der Waals surface area contributed by atoms with Crippen LogP contribution in [0.2, 0.25) is 0 Å². The van der Waals surface area contributed by atoms with Crippen molar-refractivity contribution < 1.29 is 10.2 Å². The third-order valence-corrected chi connectivity index (χ3v) is 7.28. The predicted octanol–water partition coefficient (Wildman–Crippen LogP) is 6.30. The average Bonchev–Trinajstić information content (AvgIpc) is 3.06. The molecule has 0 aliphatic rings. The molecule has 0 saturated carbocycles. The zero-order valence-electron chi connectivity index (χ0n) is 26.1. The molecule has 8 N–H and O–H groups in total. The van der Waals surface area contributed by atoms with Gasteiger partial charge in [0.05, 0.1) is 22.2 Å². The molecule has 0 bridgehead atoms. The molecule has 0 spiro atoms. The second-order valence-electron chi connectivity index (χ2n) is 11.1. The standard InChI is InChI=1S/C19H22N4O.C17H18N4O/c1-2-7-13(20)12-21-18-14-8-3-5-10-16(14)22-19(23-18)15-9-4-6-11-17(15)24;1-11(18)10-19-16-12-6-2-4-8-14(12)20-17(21-16)13-7-3-5-9-15(13)22/h3-6,8-11,13,24H,2,7,12,20H2,1H3,(H,21,22,23);2-9,11,22H,10,18H2,1H3,(H,19,20,21)/t13-;11-/m00/s1. The largest absolute Gasteiger partial charge is 0.507 e. The monoisotopic (exact) mass is 616 g/mol. The van der Waals surface area contributed by atoms with Crippen LogP contribution in [0.3, 0.4) is 0 Å². The van der Waals surface area contributed by atoms with Crippen LogP contribution < -0.4 is 22.1 Å². The van der Waals surface area contributed by atoms with E-state index in [2.05, 4.69) is 37.5 Å². The lowest BCUT2D eigenvalue weighted by Crippen LogP contribution is -2.29. The summed E-state index contributed by atoms with van der Waals surface area (Å²) >= 11 is 0. The molecule has 4 aromatic carbocycles. The van der Waals surface area contributed by atoms with Crippen LogP contribution in [0, 0.1) is 0 Å². The molecule has 46 heavy (non-hydrogen) atoms. The maximum atomic E-state index is 10.1. The van der Waals surface area contributed by atoms with E-state index in [1.807, 2.05) is 73.7 Å². The molecule has 10 heteroatoms. The van der Waals surface area contributed by atoms with Gasteiger partial charge in [0.25, 0.3) is 0 Å². The lowest BCUT2D eigenvalue weighted by atomic mass is 10.1. The summed E-state index contributed by atoms with van der Waals surface area (Å²) < 4.78 is 0. The number of hydrogen-bond acceptors (Lipinski definition) is 10. The number of fused-ring (bicyclic) bond motifs is 2. The number of aromatic hydroxyl groups is 2. The number of nitrogens with one attached hydrogen (secondary N) is 2. The predicted molar refractivity (Wildman–Crippen MR) is 187 cm³/mol. The number of anilines is 2. The summed E-state index contributed by atoms with van der Waals surface area (Å²) in [4.78, 5) is 18.3. The van der Waals surface area contributed by atoms with Crippen LogP contribution in [0.5, 0.6) is 11.5 Å². The van der Waals surface area contributed by atoms with Crippen molar-refractivity contribution in [2.24, 2.45) is 11.5 Å². The van der Waals surface area contributed by atoms with Crippen LogP contribution in [0.1, 0.15) is 26.7 Å². The Bertz CT molecular complexity index is 1910. The molecule has 0 saturated heterocycles. The van der Waals surface area contributed by atoms with Crippen LogP contribution in [0.4, 0.5) is 11.6 Å². The van der Waals surface area contributed by atoms with Gasteiger partial charge in [-0.25, -0.2) is 19.9 Å². The molecule has 0 radical (unpaired) electrons. The molecule has 0 unspecified atom stereocenters. The van der Waals surface area contributed by atoms with E-state index in [9.17, 15) is 10.2 Å². The molecule has 0 fully saturated rings. The molecule has 6 rings (SSSR count). The number of rotatable bonds is 10. The van der Waals surface area contributed by atoms with Crippen molar-refractivity contribution in [1.82, 2.24) is 19.9 Å². The Morgan fingerprint density at radius 2 is 1.04 bits per heavy atom. The molecule has 6 aromatic rings. The van der Waals surface area contributed by atoms with E-state index in [0.717, 1.165) is 46.3 Å².